The van der Waals surface area contributed by atoms with E-state index in [4.69, 9.17) is 5.73 Å². The first-order valence-electron chi connectivity index (χ1n) is 6.20. The van der Waals surface area contributed by atoms with Crippen LogP contribution in [0.1, 0.15) is 17.3 Å². The summed E-state index contributed by atoms with van der Waals surface area (Å²) in [6.45, 7) is 2.08. The van der Waals surface area contributed by atoms with Gasteiger partial charge in [0.2, 0.25) is 0 Å². The van der Waals surface area contributed by atoms with Gasteiger partial charge < -0.3 is 11.1 Å². The SMILES string of the molecule is CCSc1ccccc1NC(=O)c1ccc(Br)cc1N. The highest BCUT2D eigenvalue weighted by atomic mass is 79.9. The van der Waals surface area contributed by atoms with Crippen LogP contribution < -0.4 is 11.1 Å². The van der Waals surface area contributed by atoms with Crippen molar-refractivity contribution >= 4 is 45.0 Å². The Balaban J connectivity index is 2.23. The minimum Gasteiger partial charge on any atom is -0.398 e. The normalized spacial score (nSPS) is 10.3. The summed E-state index contributed by atoms with van der Waals surface area (Å²) in [4.78, 5) is 13.3. The second-order valence-corrected chi connectivity index (χ2v) is 6.34. The Kier molecular flexibility index (Phi) is 5.09. The molecule has 0 radical (unpaired) electrons. The van der Waals surface area contributed by atoms with E-state index in [1.54, 1.807) is 30.0 Å². The molecule has 0 aliphatic rings. The van der Waals surface area contributed by atoms with Crippen molar-refractivity contribution in [1.82, 2.24) is 0 Å². The molecule has 0 aromatic heterocycles. The third kappa shape index (κ3) is 3.55. The lowest BCUT2D eigenvalue weighted by atomic mass is 10.1. The van der Waals surface area contributed by atoms with Gasteiger partial charge in [-0.2, -0.15) is 0 Å². The fourth-order valence-electron chi connectivity index (χ4n) is 1.78. The van der Waals surface area contributed by atoms with Gasteiger partial charge in [-0.25, -0.2) is 0 Å². The molecule has 0 bridgehead atoms. The average Bonchev–Trinajstić information content (AvgIpc) is 2.41. The monoisotopic (exact) mass is 350 g/mol. The summed E-state index contributed by atoms with van der Waals surface area (Å²) in [5, 5.41) is 2.92. The van der Waals surface area contributed by atoms with E-state index in [1.807, 2.05) is 24.3 Å². The van der Waals surface area contributed by atoms with Gasteiger partial charge in [0.1, 0.15) is 0 Å². The summed E-state index contributed by atoms with van der Waals surface area (Å²) in [5.74, 6) is 0.756. The van der Waals surface area contributed by atoms with Gasteiger partial charge >= 0.3 is 0 Å². The lowest BCUT2D eigenvalue weighted by Crippen LogP contribution is -2.14. The van der Waals surface area contributed by atoms with Crippen LogP contribution in [0.25, 0.3) is 0 Å². The molecule has 0 heterocycles. The standard InChI is InChI=1S/C15H15BrN2OS/c1-2-20-14-6-4-3-5-13(14)18-15(19)11-8-7-10(16)9-12(11)17/h3-9H,2,17H2,1H3,(H,18,19). The fraction of sp³-hybridized carbons (Fsp3) is 0.133. The van der Waals surface area contributed by atoms with E-state index in [1.165, 1.54) is 0 Å². The number of thioether (sulfide) groups is 1. The minimum atomic E-state index is -0.195. The number of hydrogen-bond acceptors (Lipinski definition) is 3. The Hall–Kier alpha value is -1.46. The van der Waals surface area contributed by atoms with Crippen molar-refractivity contribution in [2.24, 2.45) is 0 Å². The number of carbonyl (C=O) groups excluding carboxylic acids is 1. The van der Waals surface area contributed by atoms with Crippen LogP contribution >= 0.6 is 27.7 Å². The molecule has 3 N–H and O–H groups in total. The number of carbonyl (C=O) groups is 1. The molecule has 0 unspecified atom stereocenters. The van der Waals surface area contributed by atoms with Crippen LogP contribution in [0.15, 0.2) is 51.8 Å². The Bertz CT molecular complexity index is 631. The first kappa shape index (κ1) is 14.9. The van der Waals surface area contributed by atoms with Crippen molar-refractivity contribution in [2.45, 2.75) is 11.8 Å². The van der Waals surface area contributed by atoms with Gasteiger partial charge in [0.25, 0.3) is 5.91 Å². The van der Waals surface area contributed by atoms with Crippen LogP contribution in [0, 0.1) is 0 Å². The van der Waals surface area contributed by atoms with Crippen LogP contribution in [0.5, 0.6) is 0 Å². The summed E-state index contributed by atoms with van der Waals surface area (Å²) in [5.41, 5.74) is 7.62. The second kappa shape index (κ2) is 6.81. The number of nitrogen functional groups attached to an aromatic ring is 1. The number of nitrogens with one attached hydrogen (secondary N) is 1. The van der Waals surface area contributed by atoms with Crippen molar-refractivity contribution in [3.8, 4) is 0 Å². The highest BCUT2D eigenvalue weighted by Gasteiger charge is 2.12. The Labute approximate surface area is 131 Å². The lowest BCUT2D eigenvalue weighted by molar-refractivity contribution is 0.102. The van der Waals surface area contributed by atoms with Crippen LogP contribution in [-0.2, 0) is 0 Å². The molecular formula is C15H15BrN2OS. The van der Waals surface area contributed by atoms with E-state index in [9.17, 15) is 4.79 Å². The zero-order valence-electron chi connectivity index (χ0n) is 11.0. The molecule has 5 heteroatoms. The molecular weight excluding hydrogens is 336 g/mol. The maximum Gasteiger partial charge on any atom is 0.257 e. The minimum absolute atomic E-state index is 0.195. The quantitative estimate of drug-likeness (QED) is 0.634. The highest BCUT2D eigenvalue weighted by Crippen LogP contribution is 2.27. The van der Waals surface area contributed by atoms with Crippen LogP contribution in [0.3, 0.4) is 0 Å². The van der Waals surface area contributed by atoms with E-state index >= 15 is 0 Å². The van der Waals surface area contributed by atoms with Gasteiger partial charge in [0.15, 0.2) is 0 Å². The summed E-state index contributed by atoms with van der Waals surface area (Å²) in [7, 11) is 0. The number of para-hydroxylation sites is 1. The number of hydrogen-bond donors (Lipinski definition) is 2. The smallest absolute Gasteiger partial charge is 0.257 e. The van der Waals surface area contributed by atoms with Crippen molar-refractivity contribution in [1.29, 1.82) is 0 Å². The summed E-state index contributed by atoms with van der Waals surface area (Å²) in [6, 6.07) is 13.0. The first-order valence-corrected chi connectivity index (χ1v) is 7.98. The van der Waals surface area contributed by atoms with E-state index in [-0.39, 0.29) is 5.91 Å². The van der Waals surface area contributed by atoms with Crippen LogP contribution in [-0.4, -0.2) is 11.7 Å². The van der Waals surface area contributed by atoms with Gasteiger partial charge in [0, 0.05) is 15.1 Å². The third-order valence-electron chi connectivity index (χ3n) is 2.69. The van der Waals surface area contributed by atoms with Crippen molar-refractivity contribution in [2.75, 3.05) is 16.8 Å². The molecule has 104 valence electrons. The predicted octanol–water partition coefficient (Wildman–Crippen LogP) is 4.40. The van der Waals surface area contributed by atoms with E-state index < -0.39 is 0 Å². The zero-order chi connectivity index (χ0) is 14.5. The molecule has 0 saturated heterocycles. The highest BCUT2D eigenvalue weighted by molar-refractivity contribution is 9.10. The van der Waals surface area contributed by atoms with Crippen LogP contribution in [0.4, 0.5) is 11.4 Å². The maximum atomic E-state index is 12.3. The molecule has 1 amide bonds. The number of anilines is 2. The van der Waals surface area contributed by atoms with Crippen molar-refractivity contribution in [3.05, 3.63) is 52.5 Å². The summed E-state index contributed by atoms with van der Waals surface area (Å²) >= 11 is 5.02. The van der Waals surface area contributed by atoms with E-state index in [0.717, 1.165) is 20.8 Å². The molecule has 3 nitrogen and oxygen atoms in total. The first-order chi connectivity index (χ1) is 9.61. The molecule has 2 rings (SSSR count). The van der Waals surface area contributed by atoms with Gasteiger partial charge in [-0.15, -0.1) is 11.8 Å². The largest absolute Gasteiger partial charge is 0.398 e. The molecule has 0 aliphatic heterocycles. The molecule has 20 heavy (non-hydrogen) atoms. The van der Waals surface area contributed by atoms with E-state index in [2.05, 4.69) is 28.2 Å². The molecule has 0 aliphatic carbocycles. The number of rotatable bonds is 4. The zero-order valence-corrected chi connectivity index (χ0v) is 13.4. The Morgan fingerprint density at radius 2 is 2.05 bits per heavy atom. The average molecular weight is 351 g/mol. The number of halogens is 1. The van der Waals surface area contributed by atoms with Gasteiger partial charge in [0.05, 0.1) is 11.3 Å². The van der Waals surface area contributed by atoms with E-state index in [0.29, 0.717) is 11.3 Å². The fourth-order valence-corrected chi connectivity index (χ4v) is 2.92. The number of nitrogens with two attached hydrogens (primary N) is 1. The predicted molar refractivity (Wildman–Crippen MR) is 89.3 cm³/mol. The molecule has 2 aromatic rings. The summed E-state index contributed by atoms with van der Waals surface area (Å²) < 4.78 is 0.855. The number of amides is 1. The molecule has 2 aromatic carbocycles. The van der Waals surface area contributed by atoms with Gasteiger partial charge in [-0.1, -0.05) is 35.0 Å². The molecule has 0 saturated carbocycles. The molecule has 0 spiro atoms. The van der Waals surface area contributed by atoms with Crippen molar-refractivity contribution < 1.29 is 4.79 Å². The Morgan fingerprint density at radius 1 is 1.30 bits per heavy atom. The van der Waals surface area contributed by atoms with Crippen LogP contribution in [0.2, 0.25) is 0 Å². The summed E-state index contributed by atoms with van der Waals surface area (Å²) in [6.07, 6.45) is 0. The third-order valence-corrected chi connectivity index (χ3v) is 4.14. The topological polar surface area (TPSA) is 55.1 Å². The van der Waals surface area contributed by atoms with Gasteiger partial charge in [-0.3, -0.25) is 4.79 Å². The van der Waals surface area contributed by atoms with Gasteiger partial charge in [-0.05, 0) is 36.1 Å². The lowest BCUT2D eigenvalue weighted by Gasteiger charge is -2.11. The second-order valence-electron chi connectivity index (χ2n) is 4.11. The number of benzene rings is 2. The Morgan fingerprint density at radius 3 is 2.75 bits per heavy atom. The maximum absolute atomic E-state index is 12.3. The molecule has 0 fully saturated rings. The molecule has 0 atom stereocenters. The van der Waals surface area contributed by atoms with Crippen molar-refractivity contribution in [3.63, 3.8) is 0 Å².